The van der Waals surface area contributed by atoms with Gasteiger partial charge in [0.05, 0.1) is 5.71 Å². The molecule has 5 heteroatoms. The maximum Gasteiger partial charge on any atom is 0.230 e. The van der Waals surface area contributed by atoms with Gasteiger partial charge in [-0.25, -0.2) is 0 Å². The van der Waals surface area contributed by atoms with Gasteiger partial charge in [-0.3, -0.25) is 0 Å². The molecule has 0 saturated heterocycles. The summed E-state index contributed by atoms with van der Waals surface area (Å²) in [6.45, 7) is 0. The summed E-state index contributed by atoms with van der Waals surface area (Å²) in [7, 11) is 0. The molecule has 0 heterocycles. The summed E-state index contributed by atoms with van der Waals surface area (Å²) in [5.74, 6) is 1.92. The molecular weight excluding hydrogens is 281 g/mol. The lowest BCUT2D eigenvalue weighted by molar-refractivity contribution is 0.464. The van der Waals surface area contributed by atoms with Gasteiger partial charge in [-0.05, 0) is 12.5 Å². The molecule has 0 N–H and O–H groups in total. The van der Waals surface area contributed by atoms with Crippen molar-refractivity contribution in [2.45, 2.75) is 0 Å². The van der Waals surface area contributed by atoms with E-state index in [4.69, 9.17) is 0 Å². The first-order valence-corrected chi connectivity index (χ1v) is 6.33. The van der Waals surface area contributed by atoms with Crippen LogP contribution in [0.4, 0.5) is 0 Å². The minimum Gasteiger partial charge on any atom is -0.327 e. The van der Waals surface area contributed by atoms with E-state index in [1.165, 1.54) is 0 Å². The number of rotatable bonds is 5. The van der Waals surface area contributed by atoms with E-state index in [0.717, 1.165) is 17.2 Å². The summed E-state index contributed by atoms with van der Waals surface area (Å²) in [5, 5.41) is 3.87. The molecule has 0 aromatic rings. The van der Waals surface area contributed by atoms with Crippen molar-refractivity contribution in [3.63, 3.8) is 0 Å². The van der Waals surface area contributed by atoms with Gasteiger partial charge in [-0.2, -0.15) is 23.5 Å². The fourth-order valence-electron chi connectivity index (χ4n) is 0.476. The van der Waals surface area contributed by atoms with Gasteiger partial charge in [0.15, 0.2) is 0 Å². The normalized spacial score (nSPS) is 9.10. The van der Waals surface area contributed by atoms with Crippen molar-refractivity contribution >= 4 is 52.2 Å². The van der Waals surface area contributed by atoms with E-state index in [-0.39, 0.29) is 0 Å². The predicted molar refractivity (Wildman–Crippen MR) is 59.3 cm³/mol. The molecular formula is C5H10INOS2. The molecule has 0 aromatic heterocycles. The zero-order valence-electron chi connectivity index (χ0n) is 5.96. The second-order valence-corrected chi connectivity index (χ2v) is 3.72. The number of thioether (sulfide) groups is 2. The highest BCUT2D eigenvalue weighted by Gasteiger charge is 1.96. The lowest BCUT2D eigenvalue weighted by Gasteiger charge is -1.98. The molecule has 0 rings (SSSR count). The molecule has 0 aliphatic carbocycles. The second kappa shape index (κ2) is 8.00. The Balaban J connectivity index is 3.60. The molecule has 0 spiro atoms. The van der Waals surface area contributed by atoms with E-state index in [1.807, 2.05) is 0 Å². The average Bonchev–Trinajstić information content (AvgIpc) is 1.90. The van der Waals surface area contributed by atoms with E-state index >= 15 is 0 Å². The number of halogens is 1. The second-order valence-electron chi connectivity index (χ2n) is 1.59. The van der Waals surface area contributed by atoms with Crippen molar-refractivity contribution in [2.24, 2.45) is 5.16 Å². The lowest BCUT2D eigenvalue weighted by Crippen LogP contribution is -2.04. The van der Waals surface area contributed by atoms with Crippen molar-refractivity contribution in [2.75, 3.05) is 24.0 Å². The predicted octanol–water partition coefficient (Wildman–Crippen LogP) is 2.44. The molecule has 0 amide bonds. The largest absolute Gasteiger partial charge is 0.327 e. The molecule has 60 valence electrons. The topological polar surface area (TPSA) is 21.6 Å². The van der Waals surface area contributed by atoms with Gasteiger partial charge >= 0.3 is 0 Å². The Morgan fingerprint density at radius 3 is 2.20 bits per heavy atom. The van der Waals surface area contributed by atoms with Crippen LogP contribution in [-0.4, -0.2) is 29.7 Å². The highest BCUT2D eigenvalue weighted by molar-refractivity contribution is 14.1. The molecule has 0 unspecified atom stereocenters. The van der Waals surface area contributed by atoms with Crippen LogP contribution in [0.15, 0.2) is 5.16 Å². The van der Waals surface area contributed by atoms with Crippen LogP contribution in [0.3, 0.4) is 0 Å². The highest BCUT2D eigenvalue weighted by Crippen LogP contribution is 2.02. The Hall–Kier alpha value is 0.900. The maximum absolute atomic E-state index is 4.64. The van der Waals surface area contributed by atoms with Gasteiger partial charge in [0.25, 0.3) is 0 Å². The van der Waals surface area contributed by atoms with Crippen LogP contribution in [0.5, 0.6) is 0 Å². The van der Waals surface area contributed by atoms with Crippen LogP contribution >= 0.6 is 46.5 Å². The first-order valence-electron chi connectivity index (χ1n) is 2.66. The highest BCUT2D eigenvalue weighted by atomic mass is 127. The van der Waals surface area contributed by atoms with Crippen molar-refractivity contribution < 1.29 is 3.17 Å². The van der Waals surface area contributed by atoms with Crippen LogP contribution in [-0.2, 0) is 3.17 Å². The summed E-state index contributed by atoms with van der Waals surface area (Å²) in [5.41, 5.74) is 1.11. The molecule has 10 heavy (non-hydrogen) atoms. The number of hydrogen-bond donors (Lipinski definition) is 0. The van der Waals surface area contributed by atoms with Crippen molar-refractivity contribution in [3.05, 3.63) is 0 Å². The summed E-state index contributed by atoms with van der Waals surface area (Å²) in [4.78, 5) is 0. The van der Waals surface area contributed by atoms with Crippen LogP contribution in [0.1, 0.15) is 0 Å². The van der Waals surface area contributed by atoms with Crippen molar-refractivity contribution in [3.8, 4) is 0 Å². The molecule has 0 atom stereocenters. The summed E-state index contributed by atoms with van der Waals surface area (Å²) >= 11 is 5.30. The fourth-order valence-corrected chi connectivity index (χ4v) is 1.86. The summed E-state index contributed by atoms with van der Waals surface area (Å²) in [6.07, 6.45) is 4.12. The van der Waals surface area contributed by atoms with E-state index in [2.05, 4.69) is 20.8 Å². The first-order chi connectivity index (χ1) is 4.85. The van der Waals surface area contributed by atoms with E-state index in [0.29, 0.717) is 0 Å². The van der Waals surface area contributed by atoms with Gasteiger partial charge < -0.3 is 3.17 Å². The average molecular weight is 291 g/mol. The molecule has 0 aliphatic rings. The zero-order valence-corrected chi connectivity index (χ0v) is 9.75. The van der Waals surface area contributed by atoms with Crippen LogP contribution in [0, 0.1) is 0 Å². The molecule has 0 fully saturated rings. The molecule has 0 aliphatic heterocycles. The minimum atomic E-state index is 0.962. The molecule has 0 saturated carbocycles. The van der Waals surface area contributed by atoms with Crippen molar-refractivity contribution in [1.29, 1.82) is 0 Å². The van der Waals surface area contributed by atoms with Gasteiger partial charge in [-0.15, -0.1) is 0 Å². The molecule has 0 bridgehead atoms. The molecule has 2 nitrogen and oxygen atoms in total. The third-order valence-electron chi connectivity index (χ3n) is 0.786. The monoisotopic (exact) mass is 291 g/mol. The smallest absolute Gasteiger partial charge is 0.230 e. The Labute approximate surface area is 84.2 Å². The first kappa shape index (κ1) is 10.9. The van der Waals surface area contributed by atoms with Crippen LogP contribution in [0.25, 0.3) is 0 Å². The summed E-state index contributed by atoms with van der Waals surface area (Å²) in [6, 6.07) is 0. The number of nitrogens with zero attached hydrogens (tertiary/aromatic N) is 1. The number of hydrogen-bond acceptors (Lipinski definition) is 4. The molecule has 0 radical (unpaired) electrons. The van der Waals surface area contributed by atoms with Crippen LogP contribution < -0.4 is 0 Å². The van der Waals surface area contributed by atoms with Crippen LogP contribution in [0.2, 0.25) is 0 Å². The van der Waals surface area contributed by atoms with E-state index < -0.39 is 0 Å². The Morgan fingerprint density at radius 1 is 1.40 bits per heavy atom. The number of oxime groups is 1. The van der Waals surface area contributed by atoms with Gasteiger partial charge in [-0.1, -0.05) is 5.16 Å². The Kier molecular flexibility index (Phi) is 8.72. The Bertz CT molecular complexity index is 102. The quantitative estimate of drug-likeness (QED) is 0.441. The third kappa shape index (κ3) is 5.67. The fraction of sp³-hybridized carbons (Fsp3) is 0.800. The zero-order chi connectivity index (χ0) is 7.82. The lowest BCUT2D eigenvalue weighted by atomic mass is 10.5. The minimum absolute atomic E-state index is 0.962. The van der Waals surface area contributed by atoms with Crippen molar-refractivity contribution in [1.82, 2.24) is 0 Å². The van der Waals surface area contributed by atoms with Gasteiger partial charge in [0.2, 0.25) is 23.0 Å². The van der Waals surface area contributed by atoms with Gasteiger partial charge in [0, 0.05) is 11.5 Å². The third-order valence-corrected chi connectivity index (χ3v) is 2.23. The molecule has 0 aromatic carbocycles. The standard InChI is InChI=1S/C5H10INOS2/c1-9-3-5(4-10-2)7-8-6/h3-4H2,1-2H3. The van der Waals surface area contributed by atoms with E-state index in [1.54, 1.807) is 46.5 Å². The Morgan fingerprint density at radius 2 is 1.90 bits per heavy atom. The maximum atomic E-state index is 4.64. The summed E-state index contributed by atoms with van der Waals surface area (Å²) < 4.78 is 4.64. The SMILES string of the molecule is CSCC(CSC)=NOI. The van der Waals surface area contributed by atoms with Gasteiger partial charge in [0.1, 0.15) is 0 Å². The van der Waals surface area contributed by atoms with E-state index in [9.17, 15) is 0 Å².